The monoisotopic (exact) mass is 276 g/mol. The van der Waals surface area contributed by atoms with Gasteiger partial charge < -0.3 is 10.1 Å². The van der Waals surface area contributed by atoms with Crippen LogP contribution in [0.4, 0.5) is 0 Å². The number of thiophene rings is 1. The molecule has 0 aliphatic carbocycles. The number of hydrogen-bond donors (Lipinski definition) is 1. The fraction of sp³-hybridized carbons (Fsp3) is 0.286. The summed E-state index contributed by atoms with van der Waals surface area (Å²) in [6.45, 7) is 4.92. The van der Waals surface area contributed by atoms with E-state index in [1.807, 2.05) is 25.3 Å². The molecule has 0 radical (unpaired) electrons. The number of aromatic nitrogens is 1. The van der Waals surface area contributed by atoms with Crippen molar-refractivity contribution in [2.45, 2.75) is 20.4 Å². The quantitative estimate of drug-likeness (QED) is 0.913. The molecule has 0 saturated carbocycles. The Bertz CT molecular complexity index is 566. The zero-order valence-corrected chi connectivity index (χ0v) is 11.8. The van der Waals surface area contributed by atoms with E-state index in [0.29, 0.717) is 24.6 Å². The third-order valence-electron chi connectivity index (χ3n) is 2.67. The summed E-state index contributed by atoms with van der Waals surface area (Å²) in [5.74, 6) is 0.217. The molecule has 1 amide bonds. The van der Waals surface area contributed by atoms with Gasteiger partial charge in [-0.3, -0.25) is 4.79 Å². The van der Waals surface area contributed by atoms with Crippen LogP contribution in [0.5, 0.6) is 5.88 Å². The lowest BCUT2D eigenvalue weighted by Gasteiger charge is -2.09. The summed E-state index contributed by atoms with van der Waals surface area (Å²) < 4.78 is 5.35. The molecule has 0 spiro atoms. The third-order valence-corrected chi connectivity index (χ3v) is 3.70. The normalized spacial score (nSPS) is 10.2. The van der Waals surface area contributed by atoms with E-state index in [1.165, 1.54) is 5.56 Å². The van der Waals surface area contributed by atoms with Gasteiger partial charge in [0.25, 0.3) is 5.91 Å². The first-order valence-corrected chi connectivity index (χ1v) is 6.99. The Morgan fingerprint density at radius 1 is 1.47 bits per heavy atom. The molecule has 0 unspecified atom stereocenters. The molecular weight excluding hydrogens is 260 g/mol. The molecule has 2 aromatic heterocycles. The SMILES string of the molecule is CCOc1ncccc1C(=O)NCc1sccc1C. The Morgan fingerprint density at radius 3 is 3.00 bits per heavy atom. The summed E-state index contributed by atoms with van der Waals surface area (Å²) in [6, 6.07) is 5.49. The van der Waals surface area contributed by atoms with Gasteiger partial charge in [-0.15, -0.1) is 11.3 Å². The Labute approximate surface area is 116 Å². The van der Waals surface area contributed by atoms with Gasteiger partial charge in [0.15, 0.2) is 0 Å². The van der Waals surface area contributed by atoms with Gasteiger partial charge in [0.2, 0.25) is 5.88 Å². The van der Waals surface area contributed by atoms with Gasteiger partial charge >= 0.3 is 0 Å². The fourth-order valence-corrected chi connectivity index (χ4v) is 2.50. The number of nitrogens with zero attached hydrogens (tertiary/aromatic N) is 1. The lowest BCUT2D eigenvalue weighted by molar-refractivity contribution is 0.0946. The second-order valence-corrected chi connectivity index (χ2v) is 5.00. The maximum absolute atomic E-state index is 12.1. The van der Waals surface area contributed by atoms with Crippen LogP contribution in [0.3, 0.4) is 0 Å². The molecule has 1 N–H and O–H groups in total. The van der Waals surface area contributed by atoms with Crippen molar-refractivity contribution in [1.82, 2.24) is 10.3 Å². The number of ether oxygens (including phenoxy) is 1. The summed E-state index contributed by atoms with van der Waals surface area (Å²) in [5, 5.41) is 4.91. The highest BCUT2D eigenvalue weighted by molar-refractivity contribution is 7.10. The standard InChI is InChI=1S/C14H16N2O2S/c1-3-18-14-11(5-4-7-15-14)13(17)16-9-12-10(2)6-8-19-12/h4-8H,3,9H2,1-2H3,(H,16,17). The average Bonchev–Trinajstić information content (AvgIpc) is 2.82. The molecule has 0 fully saturated rings. The Balaban J connectivity index is 2.06. The molecule has 2 rings (SSSR count). The molecule has 2 aromatic rings. The van der Waals surface area contributed by atoms with E-state index in [0.717, 1.165) is 4.88 Å². The van der Waals surface area contributed by atoms with Gasteiger partial charge in [-0.05, 0) is 43.0 Å². The van der Waals surface area contributed by atoms with Crippen molar-refractivity contribution in [3.05, 3.63) is 45.8 Å². The second kappa shape index (κ2) is 6.33. The van der Waals surface area contributed by atoms with Crippen molar-refractivity contribution in [2.75, 3.05) is 6.61 Å². The molecule has 19 heavy (non-hydrogen) atoms. The van der Waals surface area contributed by atoms with E-state index in [-0.39, 0.29) is 5.91 Å². The highest BCUT2D eigenvalue weighted by Crippen LogP contribution is 2.17. The summed E-state index contributed by atoms with van der Waals surface area (Å²) in [7, 11) is 0. The molecule has 0 saturated heterocycles. The first kappa shape index (κ1) is 13.5. The molecule has 0 atom stereocenters. The molecule has 5 heteroatoms. The number of pyridine rings is 1. The maximum atomic E-state index is 12.1. The number of carbonyl (C=O) groups excluding carboxylic acids is 1. The van der Waals surface area contributed by atoms with E-state index in [9.17, 15) is 4.79 Å². The van der Waals surface area contributed by atoms with Crippen molar-refractivity contribution in [2.24, 2.45) is 0 Å². The van der Waals surface area contributed by atoms with Crippen molar-refractivity contribution >= 4 is 17.2 Å². The van der Waals surface area contributed by atoms with Crippen LogP contribution in [0.1, 0.15) is 27.7 Å². The van der Waals surface area contributed by atoms with Gasteiger partial charge in [-0.25, -0.2) is 4.98 Å². The van der Waals surface area contributed by atoms with Crippen molar-refractivity contribution in [1.29, 1.82) is 0 Å². The summed E-state index contributed by atoms with van der Waals surface area (Å²) in [4.78, 5) is 17.4. The Morgan fingerprint density at radius 2 is 2.32 bits per heavy atom. The summed E-state index contributed by atoms with van der Waals surface area (Å²) in [5.41, 5.74) is 1.67. The van der Waals surface area contributed by atoms with Gasteiger partial charge in [0.05, 0.1) is 13.2 Å². The minimum atomic E-state index is -0.163. The smallest absolute Gasteiger partial charge is 0.257 e. The van der Waals surface area contributed by atoms with Crippen LogP contribution in [0.2, 0.25) is 0 Å². The van der Waals surface area contributed by atoms with Crippen LogP contribution in [-0.4, -0.2) is 17.5 Å². The van der Waals surface area contributed by atoms with Crippen LogP contribution in [0, 0.1) is 6.92 Å². The summed E-state index contributed by atoms with van der Waals surface area (Å²) >= 11 is 1.64. The Hall–Kier alpha value is -1.88. The molecular formula is C14H16N2O2S. The average molecular weight is 276 g/mol. The van der Waals surface area contributed by atoms with Crippen molar-refractivity contribution in [3.8, 4) is 5.88 Å². The van der Waals surface area contributed by atoms with Crippen molar-refractivity contribution < 1.29 is 9.53 Å². The molecule has 0 aliphatic rings. The number of amides is 1. The second-order valence-electron chi connectivity index (χ2n) is 4.00. The minimum Gasteiger partial charge on any atom is -0.477 e. The molecule has 2 heterocycles. The number of aryl methyl sites for hydroxylation is 1. The van der Waals surface area contributed by atoms with E-state index in [2.05, 4.69) is 10.3 Å². The highest BCUT2D eigenvalue weighted by Gasteiger charge is 2.13. The van der Waals surface area contributed by atoms with E-state index < -0.39 is 0 Å². The number of nitrogens with one attached hydrogen (secondary N) is 1. The van der Waals surface area contributed by atoms with Crippen LogP contribution in [0.15, 0.2) is 29.8 Å². The predicted octanol–water partition coefficient (Wildman–Crippen LogP) is 2.78. The first-order chi connectivity index (χ1) is 9.22. The third kappa shape index (κ3) is 3.32. The topological polar surface area (TPSA) is 51.2 Å². The van der Waals surface area contributed by atoms with Crippen LogP contribution in [0.25, 0.3) is 0 Å². The Kier molecular flexibility index (Phi) is 4.52. The van der Waals surface area contributed by atoms with Gasteiger partial charge in [-0.2, -0.15) is 0 Å². The van der Waals surface area contributed by atoms with E-state index in [4.69, 9.17) is 4.74 Å². The van der Waals surface area contributed by atoms with Crippen LogP contribution < -0.4 is 10.1 Å². The lowest BCUT2D eigenvalue weighted by Crippen LogP contribution is -2.23. The van der Waals surface area contributed by atoms with Crippen molar-refractivity contribution in [3.63, 3.8) is 0 Å². The number of rotatable bonds is 5. The van der Waals surface area contributed by atoms with Gasteiger partial charge in [0, 0.05) is 11.1 Å². The molecule has 4 nitrogen and oxygen atoms in total. The zero-order valence-electron chi connectivity index (χ0n) is 11.0. The van der Waals surface area contributed by atoms with Crippen LogP contribution >= 0.6 is 11.3 Å². The van der Waals surface area contributed by atoms with E-state index in [1.54, 1.807) is 29.7 Å². The molecule has 0 aliphatic heterocycles. The molecule has 0 aromatic carbocycles. The van der Waals surface area contributed by atoms with E-state index >= 15 is 0 Å². The zero-order chi connectivity index (χ0) is 13.7. The largest absolute Gasteiger partial charge is 0.477 e. The molecule has 100 valence electrons. The number of hydrogen-bond acceptors (Lipinski definition) is 4. The highest BCUT2D eigenvalue weighted by atomic mass is 32.1. The number of carbonyl (C=O) groups is 1. The van der Waals surface area contributed by atoms with Gasteiger partial charge in [0.1, 0.15) is 5.56 Å². The first-order valence-electron chi connectivity index (χ1n) is 6.11. The summed E-state index contributed by atoms with van der Waals surface area (Å²) in [6.07, 6.45) is 1.62. The lowest BCUT2D eigenvalue weighted by atomic mass is 10.2. The fourth-order valence-electron chi connectivity index (χ4n) is 1.66. The minimum absolute atomic E-state index is 0.163. The van der Waals surface area contributed by atoms with Crippen LogP contribution in [-0.2, 0) is 6.54 Å². The van der Waals surface area contributed by atoms with Gasteiger partial charge in [-0.1, -0.05) is 0 Å². The molecule has 0 bridgehead atoms. The maximum Gasteiger partial charge on any atom is 0.257 e. The predicted molar refractivity (Wildman–Crippen MR) is 75.6 cm³/mol.